The van der Waals surface area contributed by atoms with Crippen molar-refractivity contribution < 1.29 is 9.53 Å². The van der Waals surface area contributed by atoms with Gasteiger partial charge in [0.15, 0.2) is 0 Å². The fourth-order valence-electron chi connectivity index (χ4n) is 1.74. The van der Waals surface area contributed by atoms with Crippen molar-refractivity contribution in [1.29, 1.82) is 0 Å². The standard InChI is InChI=1S/C14H18N4O2.ClH/c1-20-10-13(15)14(19)16-9-11-7-8-18(17-11)12-5-3-2-4-6-12;/h2-8,13H,9-10,15H2,1H3,(H,16,19);1H. The van der Waals surface area contributed by atoms with Gasteiger partial charge in [-0.2, -0.15) is 5.10 Å². The first-order valence-corrected chi connectivity index (χ1v) is 6.33. The van der Waals surface area contributed by atoms with E-state index in [9.17, 15) is 4.79 Å². The molecule has 3 N–H and O–H groups in total. The number of hydrogen-bond donors (Lipinski definition) is 2. The van der Waals surface area contributed by atoms with Crippen LogP contribution in [0.4, 0.5) is 0 Å². The van der Waals surface area contributed by atoms with Crippen LogP contribution in [0.3, 0.4) is 0 Å². The number of carbonyl (C=O) groups excluding carboxylic acids is 1. The zero-order chi connectivity index (χ0) is 14.4. The number of halogens is 1. The molecule has 1 atom stereocenters. The number of nitrogens with zero attached hydrogens (tertiary/aromatic N) is 2. The van der Waals surface area contributed by atoms with Crippen molar-refractivity contribution in [2.24, 2.45) is 5.73 Å². The molecule has 0 aliphatic rings. The number of nitrogens with one attached hydrogen (secondary N) is 1. The lowest BCUT2D eigenvalue weighted by Gasteiger charge is -2.10. The smallest absolute Gasteiger partial charge is 0.239 e. The molecule has 114 valence electrons. The van der Waals surface area contributed by atoms with Gasteiger partial charge in [0.25, 0.3) is 0 Å². The Morgan fingerprint density at radius 1 is 1.38 bits per heavy atom. The lowest BCUT2D eigenvalue weighted by atomic mass is 10.3. The maximum absolute atomic E-state index is 11.6. The average Bonchev–Trinajstić information content (AvgIpc) is 2.95. The molecular formula is C14H19ClN4O2. The zero-order valence-corrected chi connectivity index (χ0v) is 12.5. The molecule has 0 aliphatic heterocycles. The second-order valence-corrected chi connectivity index (χ2v) is 4.37. The summed E-state index contributed by atoms with van der Waals surface area (Å²) in [7, 11) is 1.51. The molecule has 2 rings (SSSR count). The molecule has 0 saturated heterocycles. The van der Waals surface area contributed by atoms with E-state index in [0.717, 1.165) is 11.4 Å². The van der Waals surface area contributed by atoms with Crippen LogP contribution in [0.2, 0.25) is 0 Å². The first-order chi connectivity index (χ1) is 9.70. The number of rotatable bonds is 6. The predicted molar refractivity (Wildman–Crippen MR) is 82.5 cm³/mol. The van der Waals surface area contributed by atoms with Gasteiger partial charge < -0.3 is 15.8 Å². The maximum Gasteiger partial charge on any atom is 0.239 e. The first-order valence-electron chi connectivity index (χ1n) is 6.33. The quantitative estimate of drug-likeness (QED) is 0.830. The second kappa shape index (κ2) is 8.41. The molecule has 1 aromatic carbocycles. The molecule has 1 unspecified atom stereocenters. The average molecular weight is 311 g/mol. The van der Waals surface area contributed by atoms with E-state index in [1.807, 2.05) is 42.6 Å². The van der Waals surface area contributed by atoms with E-state index >= 15 is 0 Å². The third-order valence-electron chi connectivity index (χ3n) is 2.79. The Balaban J connectivity index is 0.00000220. The van der Waals surface area contributed by atoms with Gasteiger partial charge in [0.2, 0.25) is 5.91 Å². The van der Waals surface area contributed by atoms with Gasteiger partial charge in [-0.25, -0.2) is 4.68 Å². The van der Waals surface area contributed by atoms with E-state index in [1.165, 1.54) is 7.11 Å². The van der Waals surface area contributed by atoms with Gasteiger partial charge in [-0.05, 0) is 18.2 Å². The van der Waals surface area contributed by atoms with E-state index in [-0.39, 0.29) is 24.9 Å². The molecule has 0 radical (unpaired) electrons. The number of nitrogens with two attached hydrogens (primary N) is 1. The SMILES string of the molecule is COCC(N)C(=O)NCc1ccn(-c2ccccc2)n1.Cl. The molecule has 0 bridgehead atoms. The normalized spacial score (nSPS) is 11.5. The van der Waals surface area contributed by atoms with Gasteiger partial charge >= 0.3 is 0 Å². The summed E-state index contributed by atoms with van der Waals surface area (Å²) in [6.07, 6.45) is 1.85. The molecule has 21 heavy (non-hydrogen) atoms. The summed E-state index contributed by atoms with van der Waals surface area (Å²) < 4.78 is 6.59. The van der Waals surface area contributed by atoms with E-state index in [1.54, 1.807) is 4.68 Å². The van der Waals surface area contributed by atoms with Gasteiger partial charge in [-0.15, -0.1) is 12.4 Å². The summed E-state index contributed by atoms with van der Waals surface area (Å²) in [5, 5.41) is 7.12. The third kappa shape index (κ3) is 4.86. The highest BCUT2D eigenvalue weighted by molar-refractivity contribution is 5.85. The summed E-state index contributed by atoms with van der Waals surface area (Å²) >= 11 is 0. The monoisotopic (exact) mass is 310 g/mol. The number of methoxy groups -OCH3 is 1. The molecular weight excluding hydrogens is 292 g/mol. The van der Waals surface area contributed by atoms with Crippen LogP contribution in [0.15, 0.2) is 42.6 Å². The Kier molecular flexibility index (Phi) is 6.87. The zero-order valence-electron chi connectivity index (χ0n) is 11.7. The molecule has 1 amide bonds. The number of aromatic nitrogens is 2. The van der Waals surface area contributed by atoms with Crippen LogP contribution >= 0.6 is 12.4 Å². The fourth-order valence-corrected chi connectivity index (χ4v) is 1.74. The Hall–Kier alpha value is -1.89. The van der Waals surface area contributed by atoms with E-state index in [0.29, 0.717) is 6.54 Å². The van der Waals surface area contributed by atoms with Crippen LogP contribution in [0, 0.1) is 0 Å². The minimum absolute atomic E-state index is 0. The largest absolute Gasteiger partial charge is 0.383 e. The van der Waals surface area contributed by atoms with E-state index in [2.05, 4.69) is 10.4 Å². The summed E-state index contributed by atoms with van der Waals surface area (Å²) in [5.41, 5.74) is 7.37. The fraction of sp³-hybridized carbons (Fsp3) is 0.286. The van der Waals surface area contributed by atoms with E-state index in [4.69, 9.17) is 10.5 Å². The van der Waals surface area contributed by atoms with Gasteiger partial charge in [0.05, 0.1) is 24.5 Å². The van der Waals surface area contributed by atoms with Crippen LogP contribution in [0.5, 0.6) is 0 Å². The Morgan fingerprint density at radius 2 is 2.10 bits per heavy atom. The molecule has 0 spiro atoms. The number of para-hydroxylation sites is 1. The van der Waals surface area contributed by atoms with Crippen molar-refractivity contribution in [3.8, 4) is 5.69 Å². The van der Waals surface area contributed by atoms with Gasteiger partial charge in [0, 0.05) is 13.3 Å². The van der Waals surface area contributed by atoms with Crippen LogP contribution in [-0.2, 0) is 16.1 Å². The molecule has 0 aliphatic carbocycles. The van der Waals surface area contributed by atoms with Gasteiger partial charge in [-0.1, -0.05) is 18.2 Å². The number of benzene rings is 1. The topological polar surface area (TPSA) is 82.2 Å². The number of hydrogen-bond acceptors (Lipinski definition) is 4. The lowest BCUT2D eigenvalue weighted by molar-refractivity contribution is -0.123. The number of carbonyl (C=O) groups is 1. The van der Waals surface area contributed by atoms with Crippen molar-refractivity contribution in [3.63, 3.8) is 0 Å². The highest BCUT2D eigenvalue weighted by atomic mass is 35.5. The maximum atomic E-state index is 11.6. The molecule has 6 nitrogen and oxygen atoms in total. The molecule has 7 heteroatoms. The molecule has 0 fully saturated rings. The minimum Gasteiger partial charge on any atom is -0.383 e. The minimum atomic E-state index is -0.656. The number of ether oxygens (including phenoxy) is 1. The molecule has 1 aromatic heterocycles. The number of amides is 1. The molecule has 2 aromatic rings. The van der Waals surface area contributed by atoms with E-state index < -0.39 is 6.04 Å². The van der Waals surface area contributed by atoms with Crippen molar-refractivity contribution in [2.45, 2.75) is 12.6 Å². The highest BCUT2D eigenvalue weighted by Gasteiger charge is 2.12. The summed E-state index contributed by atoms with van der Waals surface area (Å²) in [6.45, 7) is 0.542. The van der Waals surface area contributed by atoms with Crippen LogP contribution < -0.4 is 11.1 Å². The molecule has 1 heterocycles. The van der Waals surface area contributed by atoms with Crippen molar-refractivity contribution >= 4 is 18.3 Å². The second-order valence-electron chi connectivity index (χ2n) is 4.37. The van der Waals surface area contributed by atoms with Crippen LogP contribution in [0.1, 0.15) is 5.69 Å². The van der Waals surface area contributed by atoms with Crippen molar-refractivity contribution in [2.75, 3.05) is 13.7 Å². The Labute approximate surface area is 129 Å². The summed E-state index contributed by atoms with van der Waals surface area (Å²) in [6, 6.07) is 11.0. The van der Waals surface area contributed by atoms with Crippen LogP contribution in [-0.4, -0.2) is 35.4 Å². The van der Waals surface area contributed by atoms with Crippen molar-refractivity contribution in [1.82, 2.24) is 15.1 Å². The van der Waals surface area contributed by atoms with Crippen molar-refractivity contribution in [3.05, 3.63) is 48.3 Å². The summed E-state index contributed by atoms with van der Waals surface area (Å²) in [4.78, 5) is 11.6. The Morgan fingerprint density at radius 3 is 2.76 bits per heavy atom. The third-order valence-corrected chi connectivity index (χ3v) is 2.79. The Bertz CT molecular complexity index is 559. The van der Waals surface area contributed by atoms with Gasteiger partial charge in [0.1, 0.15) is 6.04 Å². The molecule has 0 saturated carbocycles. The first kappa shape index (κ1) is 17.2. The predicted octanol–water partition coefficient (Wildman–Crippen LogP) is 0.884. The lowest BCUT2D eigenvalue weighted by Crippen LogP contribution is -2.43. The van der Waals surface area contributed by atoms with Crippen LogP contribution in [0.25, 0.3) is 5.69 Å². The summed E-state index contributed by atoms with van der Waals surface area (Å²) in [5.74, 6) is -0.249. The van der Waals surface area contributed by atoms with Gasteiger partial charge in [-0.3, -0.25) is 4.79 Å². The highest BCUT2D eigenvalue weighted by Crippen LogP contribution is 2.06.